The average molecular weight is 318 g/mol. The maximum Gasteiger partial charge on any atom is 0.222 e. The molecule has 4 saturated carbocycles. The van der Waals surface area contributed by atoms with Crippen LogP contribution in [0.4, 0.5) is 0 Å². The second kappa shape index (κ2) is 7.40. The molecule has 4 bridgehead atoms. The van der Waals surface area contributed by atoms with Crippen molar-refractivity contribution in [3.8, 4) is 0 Å². The summed E-state index contributed by atoms with van der Waals surface area (Å²) in [5, 5.41) is 0. The van der Waals surface area contributed by atoms with Gasteiger partial charge >= 0.3 is 0 Å². The number of nitrogens with zero attached hydrogens (tertiary/aromatic N) is 1. The van der Waals surface area contributed by atoms with Gasteiger partial charge in [0.1, 0.15) is 0 Å². The minimum Gasteiger partial charge on any atom is -0.339 e. The summed E-state index contributed by atoms with van der Waals surface area (Å²) in [5.74, 6) is 3.41. The first-order valence-corrected chi connectivity index (χ1v) is 10.0. The van der Waals surface area contributed by atoms with Crippen molar-refractivity contribution in [2.24, 2.45) is 23.2 Å². The highest BCUT2D eigenvalue weighted by molar-refractivity contribution is 5.76. The number of carbonyl (C=O) groups is 1. The Kier molecular flexibility index (Phi) is 5.49. The lowest BCUT2D eigenvalue weighted by Gasteiger charge is -2.57. The van der Waals surface area contributed by atoms with Crippen LogP contribution in [-0.4, -0.2) is 23.9 Å². The van der Waals surface area contributed by atoms with Gasteiger partial charge in [0.2, 0.25) is 5.91 Å². The van der Waals surface area contributed by atoms with Crippen LogP contribution in [0.3, 0.4) is 0 Å². The van der Waals surface area contributed by atoms with Crippen molar-refractivity contribution in [2.45, 2.75) is 78.1 Å². The van der Waals surface area contributed by atoms with Crippen LogP contribution in [-0.2, 0) is 4.79 Å². The number of amides is 1. The molecule has 0 atom stereocenters. The van der Waals surface area contributed by atoms with E-state index in [0.717, 1.165) is 50.1 Å². The van der Waals surface area contributed by atoms with Gasteiger partial charge in [-0.05, 0) is 81.5 Å². The highest BCUT2D eigenvalue weighted by Gasteiger charge is 2.50. The SMILES string of the molecule is C/C=C/CN(CCC12CC3CC(CC(C3)C1)C2)C(=O)CCCC. The summed E-state index contributed by atoms with van der Waals surface area (Å²) in [6.07, 6.45) is 17.2. The molecule has 2 nitrogen and oxygen atoms in total. The highest BCUT2D eigenvalue weighted by atomic mass is 16.2. The molecule has 130 valence electrons. The Morgan fingerprint density at radius 3 is 2.26 bits per heavy atom. The molecule has 0 aromatic carbocycles. The van der Waals surface area contributed by atoms with E-state index in [0.29, 0.717) is 11.3 Å². The number of hydrogen-bond donors (Lipinski definition) is 0. The summed E-state index contributed by atoms with van der Waals surface area (Å²) in [6.45, 7) is 6.01. The Hall–Kier alpha value is -0.790. The zero-order valence-corrected chi connectivity index (χ0v) is 15.2. The van der Waals surface area contributed by atoms with Gasteiger partial charge in [-0.15, -0.1) is 0 Å². The Labute approximate surface area is 142 Å². The molecule has 23 heavy (non-hydrogen) atoms. The van der Waals surface area contributed by atoms with E-state index in [1.54, 1.807) is 0 Å². The van der Waals surface area contributed by atoms with Gasteiger partial charge < -0.3 is 4.90 Å². The maximum absolute atomic E-state index is 12.5. The number of carbonyl (C=O) groups excluding carboxylic acids is 1. The monoisotopic (exact) mass is 317 g/mol. The third-order valence-corrected chi connectivity index (χ3v) is 6.74. The van der Waals surface area contributed by atoms with Gasteiger partial charge in [0.15, 0.2) is 0 Å². The van der Waals surface area contributed by atoms with Crippen molar-refractivity contribution in [2.75, 3.05) is 13.1 Å². The van der Waals surface area contributed by atoms with Crippen LogP contribution < -0.4 is 0 Å². The first-order chi connectivity index (χ1) is 11.1. The summed E-state index contributed by atoms with van der Waals surface area (Å²) in [5.41, 5.74) is 0.591. The van der Waals surface area contributed by atoms with E-state index in [1.165, 1.54) is 44.9 Å². The molecule has 4 fully saturated rings. The summed E-state index contributed by atoms with van der Waals surface area (Å²) < 4.78 is 0. The van der Waals surface area contributed by atoms with Gasteiger partial charge in [0, 0.05) is 19.5 Å². The van der Waals surface area contributed by atoms with Gasteiger partial charge in [0.05, 0.1) is 0 Å². The molecule has 0 radical (unpaired) electrons. The Balaban J connectivity index is 1.58. The fraction of sp³-hybridized carbons (Fsp3) is 0.857. The number of rotatable bonds is 8. The molecule has 0 aromatic rings. The topological polar surface area (TPSA) is 20.3 Å². The Morgan fingerprint density at radius 1 is 1.13 bits per heavy atom. The van der Waals surface area contributed by atoms with Crippen molar-refractivity contribution in [1.29, 1.82) is 0 Å². The Bertz CT molecular complexity index is 404. The second-order valence-corrected chi connectivity index (χ2v) is 8.68. The summed E-state index contributed by atoms with van der Waals surface area (Å²) >= 11 is 0. The van der Waals surface area contributed by atoms with Gasteiger partial charge in [0.25, 0.3) is 0 Å². The molecule has 2 heteroatoms. The zero-order chi connectivity index (χ0) is 16.3. The van der Waals surface area contributed by atoms with E-state index < -0.39 is 0 Å². The molecule has 4 aliphatic rings. The molecule has 0 aliphatic heterocycles. The van der Waals surface area contributed by atoms with Crippen molar-refractivity contribution in [3.63, 3.8) is 0 Å². The van der Waals surface area contributed by atoms with Gasteiger partial charge in [-0.3, -0.25) is 4.79 Å². The molecule has 0 unspecified atom stereocenters. The first-order valence-electron chi connectivity index (χ1n) is 10.0. The molecule has 0 N–H and O–H groups in total. The van der Waals surface area contributed by atoms with Crippen molar-refractivity contribution >= 4 is 5.91 Å². The lowest BCUT2D eigenvalue weighted by Crippen LogP contribution is -2.47. The van der Waals surface area contributed by atoms with E-state index in [-0.39, 0.29) is 0 Å². The van der Waals surface area contributed by atoms with Crippen molar-refractivity contribution in [1.82, 2.24) is 4.90 Å². The zero-order valence-electron chi connectivity index (χ0n) is 15.2. The minimum absolute atomic E-state index is 0.370. The van der Waals surface area contributed by atoms with Gasteiger partial charge in [-0.1, -0.05) is 25.5 Å². The van der Waals surface area contributed by atoms with E-state index >= 15 is 0 Å². The van der Waals surface area contributed by atoms with Crippen LogP contribution in [0.25, 0.3) is 0 Å². The number of hydrogen-bond acceptors (Lipinski definition) is 1. The van der Waals surface area contributed by atoms with Crippen molar-refractivity contribution < 1.29 is 4.79 Å². The van der Waals surface area contributed by atoms with E-state index in [4.69, 9.17) is 0 Å². The fourth-order valence-corrected chi connectivity index (χ4v) is 6.00. The molecule has 4 rings (SSSR count). The largest absolute Gasteiger partial charge is 0.339 e. The molecule has 0 spiro atoms. The van der Waals surface area contributed by atoms with E-state index in [2.05, 4.69) is 24.0 Å². The molecular formula is C21H35NO. The highest BCUT2D eigenvalue weighted by Crippen LogP contribution is 2.61. The quantitative estimate of drug-likeness (QED) is 0.564. The molecule has 4 aliphatic carbocycles. The molecule has 0 heterocycles. The van der Waals surface area contributed by atoms with Gasteiger partial charge in [-0.25, -0.2) is 0 Å². The lowest BCUT2D eigenvalue weighted by atomic mass is 9.49. The van der Waals surface area contributed by atoms with E-state index in [1.807, 2.05) is 6.92 Å². The number of unbranched alkanes of at least 4 members (excludes halogenated alkanes) is 1. The van der Waals surface area contributed by atoms with Crippen LogP contribution >= 0.6 is 0 Å². The summed E-state index contributed by atoms with van der Waals surface area (Å²) in [4.78, 5) is 14.7. The third kappa shape index (κ3) is 4.00. The van der Waals surface area contributed by atoms with Crippen molar-refractivity contribution in [3.05, 3.63) is 12.2 Å². The second-order valence-electron chi connectivity index (χ2n) is 8.68. The smallest absolute Gasteiger partial charge is 0.222 e. The molecule has 0 saturated heterocycles. The summed E-state index contributed by atoms with van der Waals surface area (Å²) in [6, 6.07) is 0. The van der Waals surface area contributed by atoms with Crippen LogP contribution in [0.15, 0.2) is 12.2 Å². The predicted octanol–water partition coefficient (Wildman–Crippen LogP) is 5.19. The molecule has 1 amide bonds. The van der Waals surface area contributed by atoms with Crippen LogP contribution in [0, 0.1) is 23.2 Å². The standard InChI is InChI=1S/C21H35NO/c1-3-5-7-20(23)22(9-6-4-2)10-8-21-14-17-11-18(15-21)13-19(12-17)16-21/h4,6,17-19H,3,5,7-16H2,1-2H3/b6-4+. The lowest BCUT2D eigenvalue weighted by molar-refractivity contribution is -0.132. The average Bonchev–Trinajstić information content (AvgIpc) is 2.51. The third-order valence-electron chi connectivity index (χ3n) is 6.74. The first kappa shape index (κ1) is 17.0. The molecular weight excluding hydrogens is 282 g/mol. The predicted molar refractivity (Wildman–Crippen MR) is 96.1 cm³/mol. The summed E-state index contributed by atoms with van der Waals surface area (Å²) in [7, 11) is 0. The van der Waals surface area contributed by atoms with Gasteiger partial charge in [-0.2, -0.15) is 0 Å². The fourth-order valence-electron chi connectivity index (χ4n) is 6.00. The normalized spacial score (nSPS) is 35.1. The number of allylic oxidation sites excluding steroid dienone is 1. The van der Waals surface area contributed by atoms with Crippen LogP contribution in [0.5, 0.6) is 0 Å². The minimum atomic E-state index is 0.370. The van der Waals surface area contributed by atoms with Crippen LogP contribution in [0.2, 0.25) is 0 Å². The maximum atomic E-state index is 12.5. The van der Waals surface area contributed by atoms with E-state index in [9.17, 15) is 4.79 Å². The Morgan fingerprint density at radius 2 is 1.74 bits per heavy atom. The van der Waals surface area contributed by atoms with Crippen LogP contribution in [0.1, 0.15) is 78.1 Å². The molecule has 0 aromatic heterocycles.